The second-order valence-corrected chi connectivity index (χ2v) is 5.07. The minimum atomic E-state index is -0.469. The SMILES string of the molecule is CCc1ncoc1C(NC)C(=O)NC1CCC=CCC1. The highest BCUT2D eigenvalue weighted by Crippen LogP contribution is 2.19. The number of nitrogens with one attached hydrogen (secondary N) is 2. The molecule has 20 heavy (non-hydrogen) atoms. The Labute approximate surface area is 119 Å². The molecule has 1 aromatic rings. The Hall–Kier alpha value is -1.62. The van der Waals surface area contributed by atoms with Gasteiger partial charge in [0.05, 0.1) is 5.69 Å². The third-order valence-corrected chi connectivity index (χ3v) is 3.70. The molecule has 0 saturated carbocycles. The Bertz CT molecular complexity index is 457. The van der Waals surface area contributed by atoms with Gasteiger partial charge in [-0.1, -0.05) is 19.1 Å². The van der Waals surface area contributed by atoms with Gasteiger partial charge >= 0.3 is 0 Å². The van der Waals surface area contributed by atoms with Gasteiger partial charge in [-0.3, -0.25) is 4.79 Å². The van der Waals surface area contributed by atoms with Crippen LogP contribution >= 0.6 is 0 Å². The number of carbonyl (C=O) groups excluding carboxylic acids is 1. The lowest BCUT2D eigenvalue weighted by molar-refractivity contribution is -0.124. The van der Waals surface area contributed by atoms with Crippen LogP contribution in [-0.4, -0.2) is 24.0 Å². The molecule has 2 N–H and O–H groups in total. The van der Waals surface area contributed by atoms with E-state index in [4.69, 9.17) is 4.42 Å². The van der Waals surface area contributed by atoms with Crippen molar-refractivity contribution in [1.82, 2.24) is 15.6 Å². The number of aromatic nitrogens is 1. The monoisotopic (exact) mass is 277 g/mol. The van der Waals surface area contributed by atoms with E-state index in [2.05, 4.69) is 27.8 Å². The molecule has 1 aliphatic carbocycles. The molecule has 5 heteroatoms. The zero-order chi connectivity index (χ0) is 14.4. The first-order valence-corrected chi connectivity index (χ1v) is 7.31. The molecule has 0 bridgehead atoms. The number of hydrogen-bond acceptors (Lipinski definition) is 4. The first-order chi connectivity index (χ1) is 9.76. The van der Waals surface area contributed by atoms with Gasteiger partial charge in [0.15, 0.2) is 12.2 Å². The molecular formula is C15H23N3O2. The molecule has 0 aromatic carbocycles. The summed E-state index contributed by atoms with van der Waals surface area (Å²) >= 11 is 0. The molecule has 1 amide bonds. The van der Waals surface area contributed by atoms with Crippen molar-refractivity contribution < 1.29 is 9.21 Å². The zero-order valence-electron chi connectivity index (χ0n) is 12.2. The van der Waals surface area contributed by atoms with Crippen LogP contribution in [0.5, 0.6) is 0 Å². The van der Waals surface area contributed by atoms with E-state index in [-0.39, 0.29) is 11.9 Å². The van der Waals surface area contributed by atoms with Gasteiger partial charge in [-0.2, -0.15) is 0 Å². The molecule has 0 aliphatic heterocycles. The summed E-state index contributed by atoms with van der Waals surface area (Å²) in [7, 11) is 1.76. The molecule has 0 radical (unpaired) electrons. The molecule has 1 unspecified atom stereocenters. The average Bonchev–Trinajstić information content (AvgIpc) is 2.76. The molecule has 1 aliphatic rings. The van der Waals surface area contributed by atoms with E-state index in [1.54, 1.807) is 7.05 Å². The third-order valence-electron chi connectivity index (χ3n) is 3.70. The normalized spacial score (nSPS) is 17.7. The maximum Gasteiger partial charge on any atom is 0.245 e. The van der Waals surface area contributed by atoms with Crippen molar-refractivity contribution >= 4 is 5.91 Å². The number of aryl methyl sites for hydroxylation is 1. The molecule has 110 valence electrons. The van der Waals surface area contributed by atoms with Crippen LogP contribution < -0.4 is 10.6 Å². The van der Waals surface area contributed by atoms with Crippen LogP contribution in [0.15, 0.2) is 23.0 Å². The Kier molecular flexibility index (Phi) is 5.35. The maximum atomic E-state index is 12.4. The molecule has 0 spiro atoms. The summed E-state index contributed by atoms with van der Waals surface area (Å²) in [6, 6.07) is -0.231. The Balaban J connectivity index is 2.02. The lowest BCUT2D eigenvalue weighted by atomic mass is 10.1. The standard InChI is InChI=1S/C15H23N3O2/c1-3-12-14(20-10-17-12)13(16-2)15(19)18-11-8-6-4-5-7-9-11/h4-5,10-11,13,16H,3,6-9H2,1-2H3,(H,18,19). The molecule has 0 fully saturated rings. The number of rotatable bonds is 5. The molecule has 1 atom stereocenters. The fourth-order valence-corrected chi connectivity index (χ4v) is 2.56. The second-order valence-electron chi connectivity index (χ2n) is 5.07. The lowest BCUT2D eigenvalue weighted by Crippen LogP contribution is -2.41. The van der Waals surface area contributed by atoms with Crippen molar-refractivity contribution in [3.63, 3.8) is 0 Å². The second kappa shape index (κ2) is 7.24. The molecule has 2 rings (SSSR count). The summed E-state index contributed by atoms with van der Waals surface area (Å²) in [5.41, 5.74) is 0.835. The van der Waals surface area contributed by atoms with Gasteiger partial charge in [-0.05, 0) is 39.2 Å². The Morgan fingerprint density at radius 3 is 2.75 bits per heavy atom. The van der Waals surface area contributed by atoms with E-state index in [9.17, 15) is 4.79 Å². The van der Waals surface area contributed by atoms with E-state index >= 15 is 0 Å². The van der Waals surface area contributed by atoms with Crippen LogP contribution in [0.4, 0.5) is 0 Å². The number of amides is 1. The van der Waals surface area contributed by atoms with E-state index in [1.807, 2.05) is 6.92 Å². The topological polar surface area (TPSA) is 67.2 Å². The molecule has 1 aromatic heterocycles. The number of oxazole rings is 1. The van der Waals surface area contributed by atoms with Gasteiger partial charge in [-0.25, -0.2) is 4.98 Å². The summed E-state index contributed by atoms with van der Waals surface area (Å²) in [6.45, 7) is 2.00. The van der Waals surface area contributed by atoms with Crippen molar-refractivity contribution in [2.45, 2.75) is 51.1 Å². The van der Waals surface area contributed by atoms with Gasteiger partial charge in [0.25, 0.3) is 0 Å². The Morgan fingerprint density at radius 2 is 2.15 bits per heavy atom. The first-order valence-electron chi connectivity index (χ1n) is 7.31. The molecule has 5 nitrogen and oxygen atoms in total. The maximum absolute atomic E-state index is 12.4. The quantitative estimate of drug-likeness (QED) is 0.809. The highest BCUT2D eigenvalue weighted by Gasteiger charge is 2.26. The molecule has 0 saturated heterocycles. The van der Waals surface area contributed by atoms with Crippen LogP contribution in [0.2, 0.25) is 0 Å². The number of likely N-dealkylation sites (N-methyl/N-ethyl adjacent to an activating group) is 1. The average molecular weight is 277 g/mol. The van der Waals surface area contributed by atoms with E-state index in [1.165, 1.54) is 6.39 Å². The fourth-order valence-electron chi connectivity index (χ4n) is 2.56. The van der Waals surface area contributed by atoms with Crippen LogP contribution in [0.3, 0.4) is 0 Å². The minimum absolute atomic E-state index is 0.0362. The fraction of sp³-hybridized carbons (Fsp3) is 0.600. The van der Waals surface area contributed by atoms with Gasteiger partial charge in [0, 0.05) is 6.04 Å². The molecule has 1 heterocycles. The number of hydrogen-bond donors (Lipinski definition) is 2. The minimum Gasteiger partial charge on any atom is -0.446 e. The molecular weight excluding hydrogens is 254 g/mol. The van der Waals surface area contributed by atoms with Crippen molar-refractivity contribution in [2.75, 3.05) is 7.05 Å². The lowest BCUT2D eigenvalue weighted by Gasteiger charge is -2.20. The van der Waals surface area contributed by atoms with E-state index < -0.39 is 6.04 Å². The number of carbonyl (C=O) groups is 1. The number of nitrogens with zero attached hydrogens (tertiary/aromatic N) is 1. The van der Waals surface area contributed by atoms with Crippen LogP contribution in [-0.2, 0) is 11.2 Å². The third kappa shape index (κ3) is 3.48. The van der Waals surface area contributed by atoms with Gasteiger partial charge in [0.1, 0.15) is 6.04 Å². The summed E-state index contributed by atoms with van der Waals surface area (Å²) in [6.07, 6.45) is 10.6. The predicted octanol–water partition coefficient (Wildman–Crippen LogP) is 2.11. The van der Waals surface area contributed by atoms with Gasteiger partial charge in [0.2, 0.25) is 5.91 Å². The van der Waals surface area contributed by atoms with E-state index in [0.29, 0.717) is 5.76 Å². The van der Waals surface area contributed by atoms with Crippen molar-refractivity contribution in [1.29, 1.82) is 0 Å². The van der Waals surface area contributed by atoms with Gasteiger partial charge in [-0.15, -0.1) is 0 Å². The van der Waals surface area contributed by atoms with Crippen LogP contribution in [0.25, 0.3) is 0 Å². The van der Waals surface area contributed by atoms with Gasteiger partial charge < -0.3 is 15.1 Å². The smallest absolute Gasteiger partial charge is 0.245 e. The first kappa shape index (κ1) is 14.8. The van der Waals surface area contributed by atoms with Crippen molar-refractivity contribution in [2.24, 2.45) is 0 Å². The van der Waals surface area contributed by atoms with Crippen LogP contribution in [0.1, 0.15) is 50.1 Å². The van der Waals surface area contributed by atoms with Crippen LogP contribution in [0, 0.1) is 0 Å². The van der Waals surface area contributed by atoms with Crippen molar-refractivity contribution in [3.05, 3.63) is 30.0 Å². The highest BCUT2D eigenvalue weighted by atomic mass is 16.3. The summed E-state index contributed by atoms with van der Waals surface area (Å²) < 4.78 is 5.40. The van der Waals surface area contributed by atoms with E-state index in [0.717, 1.165) is 37.8 Å². The number of allylic oxidation sites excluding steroid dienone is 2. The summed E-state index contributed by atoms with van der Waals surface area (Å²) in [5, 5.41) is 6.14. The largest absolute Gasteiger partial charge is 0.446 e. The summed E-state index contributed by atoms with van der Waals surface area (Å²) in [5.74, 6) is 0.588. The van der Waals surface area contributed by atoms with Crippen molar-refractivity contribution in [3.8, 4) is 0 Å². The summed E-state index contributed by atoms with van der Waals surface area (Å²) in [4.78, 5) is 16.6. The highest BCUT2D eigenvalue weighted by molar-refractivity contribution is 5.83. The Morgan fingerprint density at radius 1 is 1.45 bits per heavy atom. The zero-order valence-corrected chi connectivity index (χ0v) is 12.2. The predicted molar refractivity (Wildman–Crippen MR) is 77.2 cm³/mol.